The van der Waals surface area contributed by atoms with Crippen molar-refractivity contribution in [1.82, 2.24) is 10.3 Å². The lowest BCUT2D eigenvalue weighted by Crippen LogP contribution is -2.30. The minimum atomic E-state index is 0. The van der Waals surface area contributed by atoms with Gasteiger partial charge in [0.05, 0.1) is 6.04 Å². The molecule has 1 N–H and O–H groups in total. The Labute approximate surface area is 143 Å². The summed E-state index contributed by atoms with van der Waals surface area (Å²) in [6, 6.07) is 17.3. The van der Waals surface area contributed by atoms with Crippen LogP contribution in [0.1, 0.15) is 49.8 Å². The summed E-state index contributed by atoms with van der Waals surface area (Å²) in [4.78, 5) is 15.7. The third-order valence-electron chi connectivity index (χ3n) is 4.94. The minimum Gasteiger partial charge on any atom is -0.350 e. The third kappa shape index (κ3) is 2.67. The van der Waals surface area contributed by atoms with E-state index in [-0.39, 0.29) is 13.4 Å². The highest BCUT2D eigenvalue weighted by molar-refractivity contribution is 5.82. The molecule has 24 heavy (non-hydrogen) atoms. The molecule has 0 fully saturated rings. The van der Waals surface area contributed by atoms with Crippen molar-refractivity contribution in [1.29, 1.82) is 0 Å². The van der Waals surface area contributed by atoms with Crippen LogP contribution in [0.3, 0.4) is 0 Å². The van der Waals surface area contributed by atoms with E-state index in [1.165, 1.54) is 27.5 Å². The largest absolute Gasteiger partial charge is 0.350 e. The summed E-state index contributed by atoms with van der Waals surface area (Å²) >= 11 is 0. The van der Waals surface area contributed by atoms with Crippen molar-refractivity contribution in [3.05, 3.63) is 77.6 Å². The molecule has 122 valence electrons. The molecule has 2 aromatic carbocycles. The van der Waals surface area contributed by atoms with Gasteiger partial charge >= 0.3 is 0 Å². The van der Waals surface area contributed by atoms with Crippen molar-refractivity contribution < 1.29 is 6.22 Å². The summed E-state index contributed by atoms with van der Waals surface area (Å²) in [7, 11) is 0. The van der Waals surface area contributed by atoms with Gasteiger partial charge in [0.1, 0.15) is 0 Å². The first-order chi connectivity index (χ1) is 11.7. The summed E-state index contributed by atoms with van der Waals surface area (Å²) in [5.74, 6) is 0.412. The zero-order valence-electron chi connectivity index (χ0n) is 13.7. The first kappa shape index (κ1) is 14.9. The van der Waals surface area contributed by atoms with E-state index >= 15 is 0 Å². The standard InChI is InChI=1S/C21H20N2O.H2/c1-14(24)23-21-9-8-18(19-4-2-3-5-20(19)21)16-6-7-17-13-22-11-10-15(17)12-16;/h2-7,10-13,18,21H,8-9H2,1H3,(H,23,24);1H/t18-,21?;/m1./s1. The fraction of sp³-hybridized carbons (Fsp3) is 0.238. The van der Waals surface area contributed by atoms with Gasteiger partial charge in [0.15, 0.2) is 0 Å². The first-order valence-electron chi connectivity index (χ1n) is 8.42. The second-order valence-electron chi connectivity index (χ2n) is 6.49. The van der Waals surface area contributed by atoms with E-state index in [4.69, 9.17) is 0 Å². The molecular formula is C21H22N2O. The van der Waals surface area contributed by atoms with E-state index < -0.39 is 0 Å². The summed E-state index contributed by atoms with van der Waals surface area (Å²) in [5, 5.41) is 5.49. The molecule has 1 aliphatic carbocycles. The van der Waals surface area contributed by atoms with E-state index in [1.807, 2.05) is 12.4 Å². The van der Waals surface area contributed by atoms with Crippen LogP contribution in [0.5, 0.6) is 0 Å². The van der Waals surface area contributed by atoms with Gasteiger partial charge in [-0.1, -0.05) is 42.5 Å². The van der Waals surface area contributed by atoms with Crippen molar-refractivity contribution in [3.63, 3.8) is 0 Å². The number of nitrogens with zero attached hydrogens (tertiary/aromatic N) is 1. The Morgan fingerprint density at radius 1 is 1.08 bits per heavy atom. The van der Waals surface area contributed by atoms with Crippen LogP contribution >= 0.6 is 0 Å². The topological polar surface area (TPSA) is 42.0 Å². The zero-order chi connectivity index (χ0) is 16.5. The first-order valence-corrected chi connectivity index (χ1v) is 8.42. The molecular weight excluding hydrogens is 296 g/mol. The molecule has 0 saturated heterocycles. The Hall–Kier alpha value is -2.68. The summed E-state index contributed by atoms with van der Waals surface area (Å²) < 4.78 is 0. The molecule has 1 amide bonds. The molecule has 1 aromatic heterocycles. The maximum Gasteiger partial charge on any atom is 0.217 e. The maximum atomic E-state index is 11.5. The number of hydrogen-bond donors (Lipinski definition) is 1. The lowest BCUT2D eigenvalue weighted by Gasteiger charge is -2.32. The number of rotatable bonds is 2. The number of nitrogens with one attached hydrogen (secondary N) is 1. The molecule has 1 heterocycles. The van der Waals surface area contributed by atoms with E-state index in [0.717, 1.165) is 12.8 Å². The molecule has 1 aliphatic rings. The normalized spacial score (nSPS) is 19.7. The average Bonchev–Trinajstić information content (AvgIpc) is 2.61. The van der Waals surface area contributed by atoms with E-state index in [2.05, 4.69) is 58.8 Å². The molecule has 0 spiro atoms. The quantitative estimate of drug-likeness (QED) is 0.751. The second-order valence-corrected chi connectivity index (χ2v) is 6.49. The van der Waals surface area contributed by atoms with Gasteiger partial charge in [0.2, 0.25) is 5.91 Å². The molecule has 3 aromatic rings. The molecule has 0 aliphatic heterocycles. The van der Waals surface area contributed by atoms with E-state index in [9.17, 15) is 4.79 Å². The second kappa shape index (κ2) is 6.08. The highest BCUT2D eigenvalue weighted by Gasteiger charge is 2.28. The van der Waals surface area contributed by atoms with Crippen molar-refractivity contribution in [2.45, 2.75) is 31.7 Å². The average molecular weight is 318 g/mol. The minimum absolute atomic E-state index is 0. The van der Waals surface area contributed by atoms with Crippen molar-refractivity contribution in [2.75, 3.05) is 0 Å². The highest BCUT2D eigenvalue weighted by atomic mass is 16.1. The fourth-order valence-corrected chi connectivity index (χ4v) is 3.85. The van der Waals surface area contributed by atoms with E-state index in [0.29, 0.717) is 5.92 Å². The maximum absolute atomic E-state index is 11.5. The van der Waals surface area contributed by atoms with Gasteiger partial charge in [0, 0.05) is 32.0 Å². The number of benzene rings is 2. The zero-order valence-corrected chi connectivity index (χ0v) is 13.7. The third-order valence-corrected chi connectivity index (χ3v) is 4.94. The van der Waals surface area contributed by atoms with Crippen molar-refractivity contribution >= 4 is 16.7 Å². The van der Waals surface area contributed by atoms with Gasteiger partial charge < -0.3 is 5.32 Å². The van der Waals surface area contributed by atoms with Gasteiger partial charge in [-0.25, -0.2) is 0 Å². The number of hydrogen-bond acceptors (Lipinski definition) is 2. The number of fused-ring (bicyclic) bond motifs is 2. The molecule has 4 rings (SSSR count). The Bertz CT molecular complexity index is 909. The van der Waals surface area contributed by atoms with Gasteiger partial charge in [0.25, 0.3) is 0 Å². The summed E-state index contributed by atoms with van der Waals surface area (Å²) in [6.45, 7) is 1.59. The molecule has 0 bridgehead atoms. The lowest BCUT2D eigenvalue weighted by atomic mass is 9.76. The van der Waals surface area contributed by atoms with Gasteiger partial charge in [-0.2, -0.15) is 0 Å². The molecule has 0 radical (unpaired) electrons. The number of aromatic nitrogens is 1. The molecule has 1 unspecified atom stereocenters. The summed E-state index contributed by atoms with van der Waals surface area (Å²) in [5.41, 5.74) is 3.91. The lowest BCUT2D eigenvalue weighted by molar-refractivity contribution is -0.119. The van der Waals surface area contributed by atoms with Crippen LogP contribution in [-0.4, -0.2) is 10.9 Å². The van der Waals surface area contributed by atoms with Crippen LogP contribution in [0.15, 0.2) is 60.9 Å². The molecule has 0 saturated carbocycles. The Kier molecular flexibility index (Phi) is 3.77. The molecule has 3 nitrogen and oxygen atoms in total. The van der Waals surface area contributed by atoms with Crippen LogP contribution < -0.4 is 5.32 Å². The Morgan fingerprint density at radius 3 is 2.75 bits per heavy atom. The van der Waals surface area contributed by atoms with Crippen LogP contribution in [0.2, 0.25) is 0 Å². The highest BCUT2D eigenvalue weighted by Crippen LogP contribution is 2.41. The van der Waals surface area contributed by atoms with E-state index in [1.54, 1.807) is 6.92 Å². The predicted octanol–water partition coefficient (Wildman–Crippen LogP) is 4.58. The number of pyridine rings is 1. The van der Waals surface area contributed by atoms with Gasteiger partial charge in [-0.3, -0.25) is 9.78 Å². The SMILES string of the molecule is CC(=O)NC1CC[C@H](c2ccc3cnccc3c2)c2ccccc21.[HH]. The number of carbonyl (C=O) groups is 1. The fourth-order valence-electron chi connectivity index (χ4n) is 3.85. The Morgan fingerprint density at radius 2 is 1.92 bits per heavy atom. The van der Waals surface area contributed by atoms with Gasteiger partial charge in [-0.05, 0) is 41.0 Å². The molecule has 3 heteroatoms. The number of carbonyl (C=O) groups excluding carboxylic acids is 1. The Balaban J connectivity index is 0.00000182. The van der Waals surface area contributed by atoms with Crippen LogP contribution in [-0.2, 0) is 4.79 Å². The van der Waals surface area contributed by atoms with Gasteiger partial charge in [-0.15, -0.1) is 0 Å². The smallest absolute Gasteiger partial charge is 0.217 e. The summed E-state index contributed by atoms with van der Waals surface area (Å²) in [6.07, 6.45) is 5.75. The van der Waals surface area contributed by atoms with Crippen molar-refractivity contribution in [2.24, 2.45) is 0 Å². The van der Waals surface area contributed by atoms with Crippen molar-refractivity contribution in [3.8, 4) is 0 Å². The monoisotopic (exact) mass is 318 g/mol. The number of amides is 1. The van der Waals surface area contributed by atoms with Crippen LogP contribution in [0, 0.1) is 0 Å². The molecule has 2 atom stereocenters. The van der Waals surface area contributed by atoms with Crippen LogP contribution in [0.25, 0.3) is 10.8 Å². The van der Waals surface area contributed by atoms with Crippen LogP contribution in [0.4, 0.5) is 0 Å². The predicted molar refractivity (Wildman–Crippen MR) is 97.9 cm³/mol.